The molecule has 8 nitrogen and oxygen atoms in total. The molecule has 0 saturated carbocycles. The fraction of sp³-hybridized carbons (Fsp3) is 1.00. The number of alkyl halides is 9. The molecule has 0 heterocycles. The molecule has 198 valence electrons. The topological polar surface area (TPSA) is 89.5 Å². The van der Waals surface area contributed by atoms with E-state index in [0.29, 0.717) is 19.8 Å². The summed E-state index contributed by atoms with van der Waals surface area (Å²) in [5.74, 6) is 0. The van der Waals surface area contributed by atoms with Crippen molar-refractivity contribution >= 4 is 15.6 Å². The third kappa shape index (κ3) is 22.8. The number of phosphoric acid groups is 2. The van der Waals surface area contributed by atoms with Crippen molar-refractivity contribution in [1.29, 1.82) is 0 Å². The van der Waals surface area contributed by atoms with Gasteiger partial charge in [0.25, 0.3) is 0 Å². The maximum Gasteiger partial charge on any atom is 0.475 e. The summed E-state index contributed by atoms with van der Waals surface area (Å²) in [5, 5.41) is 0. The zero-order valence-corrected chi connectivity index (χ0v) is 18.1. The van der Waals surface area contributed by atoms with Crippen LogP contribution in [0, 0.1) is 0 Å². The lowest BCUT2D eigenvalue weighted by Gasteiger charge is -2.20. The van der Waals surface area contributed by atoms with Crippen LogP contribution in [0.25, 0.3) is 0 Å². The first-order valence-corrected chi connectivity index (χ1v) is 11.0. The maximum absolute atomic E-state index is 11.7. The van der Waals surface area contributed by atoms with Crippen LogP contribution in [0.1, 0.15) is 28.2 Å². The van der Waals surface area contributed by atoms with Gasteiger partial charge in [-0.1, -0.05) is 7.43 Å². The average molecular weight is 542 g/mol. The van der Waals surface area contributed by atoms with Crippen molar-refractivity contribution in [3.63, 3.8) is 0 Å². The molecule has 0 spiro atoms. The Morgan fingerprint density at radius 1 is 0.500 bits per heavy atom. The van der Waals surface area contributed by atoms with E-state index in [0.717, 1.165) is 0 Å². The van der Waals surface area contributed by atoms with Gasteiger partial charge in [-0.05, 0) is 20.8 Å². The fourth-order valence-electron chi connectivity index (χ4n) is 1.15. The summed E-state index contributed by atoms with van der Waals surface area (Å²) in [5.41, 5.74) is 0. The first-order chi connectivity index (χ1) is 13.8. The van der Waals surface area contributed by atoms with Crippen LogP contribution in [0.15, 0.2) is 0 Å². The minimum atomic E-state index is -5.67. The van der Waals surface area contributed by atoms with Crippen molar-refractivity contribution in [3.05, 3.63) is 0 Å². The molecule has 0 atom stereocenters. The third-order valence-electron chi connectivity index (χ3n) is 2.02. The van der Waals surface area contributed by atoms with Gasteiger partial charge in [-0.15, -0.1) is 0 Å². The van der Waals surface area contributed by atoms with E-state index < -0.39 is 54.0 Å². The van der Waals surface area contributed by atoms with Gasteiger partial charge < -0.3 is 0 Å². The van der Waals surface area contributed by atoms with Gasteiger partial charge in [0.2, 0.25) is 0 Å². The van der Waals surface area contributed by atoms with E-state index in [9.17, 15) is 48.6 Å². The van der Waals surface area contributed by atoms with Gasteiger partial charge in [0.05, 0.1) is 19.8 Å². The molecule has 0 saturated heterocycles. The zero-order valence-electron chi connectivity index (χ0n) is 16.3. The standard InChI is InChI=1S/C6H6F9O4P.C6H15O4P.CH4/c7-4(8,9)1-17-20(16,18-2-5(10,11)12)19-3-6(13,14)15;1-4-8-11(7,9-5-2)10-6-3;/h1-3H2;4-6H2,1-3H3;1H4. The van der Waals surface area contributed by atoms with Gasteiger partial charge in [-0.3, -0.25) is 27.1 Å². The summed E-state index contributed by atoms with van der Waals surface area (Å²) in [4.78, 5) is 0. The molecule has 0 aliphatic rings. The molecule has 0 unspecified atom stereocenters. The quantitative estimate of drug-likeness (QED) is 0.200. The highest BCUT2D eigenvalue weighted by atomic mass is 31.2. The molecule has 0 aromatic heterocycles. The highest BCUT2D eigenvalue weighted by molar-refractivity contribution is 7.48. The Kier molecular flexibility index (Phi) is 17.5. The number of halogens is 9. The van der Waals surface area contributed by atoms with E-state index >= 15 is 0 Å². The number of rotatable bonds is 12. The molecule has 0 radical (unpaired) electrons. The summed E-state index contributed by atoms with van der Waals surface area (Å²) in [7, 11) is -8.89. The van der Waals surface area contributed by atoms with Gasteiger partial charge in [-0.25, -0.2) is 9.13 Å². The van der Waals surface area contributed by atoms with Crippen molar-refractivity contribution in [1.82, 2.24) is 0 Å². The summed E-state index contributed by atoms with van der Waals surface area (Å²) in [6, 6.07) is 0. The van der Waals surface area contributed by atoms with Gasteiger partial charge in [0.1, 0.15) is 0 Å². The van der Waals surface area contributed by atoms with Crippen molar-refractivity contribution in [2.24, 2.45) is 0 Å². The highest BCUT2D eigenvalue weighted by Crippen LogP contribution is 2.52. The number of hydrogen-bond acceptors (Lipinski definition) is 8. The van der Waals surface area contributed by atoms with Crippen molar-refractivity contribution < 1.29 is 75.8 Å². The Hall–Kier alpha value is -0.410. The van der Waals surface area contributed by atoms with Crippen LogP contribution in [-0.4, -0.2) is 58.2 Å². The van der Waals surface area contributed by atoms with Gasteiger partial charge in [-0.2, -0.15) is 39.5 Å². The predicted octanol–water partition coefficient (Wildman–Crippen LogP) is 6.67. The molecular weight excluding hydrogens is 517 g/mol. The fourth-order valence-corrected chi connectivity index (χ4v) is 3.46. The molecule has 0 aromatic carbocycles. The minimum Gasteiger partial charge on any atom is -0.287 e. The van der Waals surface area contributed by atoms with Gasteiger partial charge >= 0.3 is 34.2 Å². The van der Waals surface area contributed by atoms with E-state index in [1.807, 2.05) is 0 Å². The molecule has 0 rings (SSSR count). The number of phosphoric ester groups is 2. The molecule has 0 aliphatic heterocycles. The first kappa shape index (κ1) is 36.2. The first-order valence-electron chi connectivity index (χ1n) is 8.08. The van der Waals surface area contributed by atoms with E-state index in [1.165, 1.54) is 0 Å². The molecule has 0 bridgehead atoms. The lowest BCUT2D eigenvalue weighted by atomic mass is 10.7. The van der Waals surface area contributed by atoms with Crippen LogP contribution in [0.2, 0.25) is 0 Å². The second-order valence-electron chi connectivity index (χ2n) is 4.81. The summed E-state index contributed by atoms with van der Waals surface area (Å²) in [6.07, 6.45) is -15.5. The molecular formula is C13H25F9O8P2. The zero-order chi connectivity index (χ0) is 25.0. The van der Waals surface area contributed by atoms with Crippen molar-refractivity contribution in [2.75, 3.05) is 39.6 Å². The van der Waals surface area contributed by atoms with E-state index in [2.05, 4.69) is 13.6 Å². The maximum atomic E-state index is 11.7. The van der Waals surface area contributed by atoms with Gasteiger partial charge in [0, 0.05) is 0 Å². The monoisotopic (exact) mass is 542 g/mol. The van der Waals surface area contributed by atoms with Crippen LogP contribution in [0.5, 0.6) is 0 Å². The Morgan fingerprint density at radius 3 is 0.844 bits per heavy atom. The van der Waals surface area contributed by atoms with Crippen molar-refractivity contribution in [2.45, 2.75) is 46.7 Å². The molecule has 0 amide bonds. The SMILES string of the molecule is C.CCOP(=O)(OCC)OCC.O=P(OCC(F)(F)F)(OCC(F)(F)F)OCC(F)(F)F. The van der Waals surface area contributed by atoms with Crippen LogP contribution < -0.4 is 0 Å². The Morgan fingerprint density at radius 2 is 0.688 bits per heavy atom. The smallest absolute Gasteiger partial charge is 0.287 e. The van der Waals surface area contributed by atoms with Crippen molar-refractivity contribution in [3.8, 4) is 0 Å². The number of hydrogen-bond donors (Lipinski definition) is 0. The normalized spacial score (nSPS) is 13.2. The van der Waals surface area contributed by atoms with E-state index in [1.54, 1.807) is 20.8 Å². The largest absolute Gasteiger partial charge is 0.475 e. The molecule has 0 aliphatic carbocycles. The molecule has 0 fully saturated rings. The second kappa shape index (κ2) is 15.5. The molecule has 0 aromatic rings. The van der Waals surface area contributed by atoms with Crippen LogP contribution >= 0.6 is 15.6 Å². The molecule has 32 heavy (non-hydrogen) atoms. The Balaban J connectivity index is -0.000000597. The molecule has 0 N–H and O–H groups in total. The summed E-state index contributed by atoms with van der Waals surface area (Å²) < 4.78 is 153. The van der Waals surface area contributed by atoms with E-state index in [4.69, 9.17) is 13.6 Å². The third-order valence-corrected chi connectivity index (χ3v) is 5.08. The molecule has 19 heteroatoms. The Bertz CT molecular complexity index is 505. The Labute approximate surface area is 178 Å². The van der Waals surface area contributed by atoms with E-state index in [-0.39, 0.29) is 7.43 Å². The average Bonchev–Trinajstić information content (AvgIpc) is 2.56. The lowest BCUT2D eigenvalue weighted by Crippen LogP contribution is -2.23. The van der Waals surface area contributed by atoms with Crippen LogP contribution in [-0.2, 0) is 36.3 Å². The highest BCUT2D eigenvalue weighted by Gasteiger charge is 2.42. The lowest BCUT2D eigenvalue weighted by molar-refractivity contribution is -0.180. The predicted molar refractivity (Wildman–Crippen MR) is 92.8 cm³/mol. The van der Waals surface area contributed by atoms with Crippen LogP contribution in [0.3, 0.4) is 0 Å². The summed E-state index contributed by atoms with van der Waals surface area (Å²) in [6.45, 7) is -0.994. The second-order valence-corrected chi connectivity index (χ2v) is 8.15. The van der Waals surface area contributed by atoms with Crippen LogP contribution in [0.4, 0.5) is 39.5 Å². The minimum absolute atomic E-state index is 0. The summed E-state index contributed by atoms with van der Waals surface area (Å²) >= 11 is 0. The van der Waals surface area contributed by atoms with Gasteiger partial charge in [0.15, 0.2) is 19.8 Å².